The van der Waals surface area contributed by atoms with E-state index in [-0.39, 0.29) is 23.3 Å². The van der Waals surface area contributed by atoms with Crippen LogP contribution in [0.1, 0.15) is 32.2 Å². The summed E-state index contributed by atoms with van der Waals surface area (Å²) in [6.45, 7) is 3.75. The van der Waals surface area contributed by atoms with Gasteiger partial charge in [0, 0.05) is 21.7 Å². The van der Waals surface area contributed by atoms with Gasteiger partial charge in [-0.15, -0.1) is 11.8 Å². The average molecular weight is 777 g/mol. The van der Waals surface area contributed by atoms with Crippen molar-refractivity contribution in [3.63, 3.8) is 0 Å². The Morgan fingerprint density at radius 3 is 2.60 bits per heavy atom. The maximum absolute atomic E-state index is 13.3. The Balaban J connectivity index is 1.45. The van der Waals surface area contributed by atoms with E-state index in [1.165, 1.54) is 16.7 Å². The van der Waals surface area contributed by atoms with Crippen molar-refractivity contribution in [1.82, 2.24) is 19.6 Å². The molecule has 242 valence electrons. The van der Waals surface area contributed by atoms with Crippen LogP contribution in [0.2, 0.25) is 0 Å². The number of anilines is 1. The van der Waals surface area contributed by atoms with Crippen molar-refractivity contribution < 1.29 is 42.6 Å². The number of thioether (sulfide) groups is 1. The number of alkyl halides is 2. The number of carbonyl (C=O) groups is 4. The molecule has 0 saturated carbocycles. The molecule has 2 atom stereocenters. The maximum atomic E-state index is 13.3. The number of benzene rings is 1. The van der Waals surface area contributed by atoms with Crippen LogP contribution in [0.15, 0.2) is 40.7 Å². The lowest BCUT2D eigenvalue weighted by Gasteiger charge is -2.49. The molecular formula is C27H30FIN6O8S2. The van der Waals surface area contributed by atoms with Gasteiger partial charge in [-0.2, -0.15) is 9.36 Å². The van der Waals surface area contributed by atoms with E-state index in [2.05, 4.69) is 47.7 Å². The van der Waals surface area contributed by atoms with E-state index in [1.54, 1.807) is 52.1 Å². The third-order valence-electron chi connectivity index (χ3n) is 6.00. The maximum Gasteiger partial charge on any atom is 0.414 e. The number of methoxy groups -OCH3 is 1. The first-order valence-corrected chi connectivity index (χ1v) is 16.7. The van der Waals surface area contributed by atoms with Crippen LogP contribution in [-0.2, 0) is 35.3 Å². The van der Waals surface area contributed by atoms with E-state index >= 15 is 0 Å². The van der Waals surface area contributed by atoms with Crippen LogP contribution in [0.4, 0.5) is 14.3 Å². The zero-order valence-electron chi connectivity index (χ0n) is 24.6. The van der Waals surface area contributed by atoms with Gasteiger partial charge in [0.15, 0.2) is 0 Å². The molecule has 2 aromatic rings. The van der Waals surface area contributed by atoms with Gasteiger partial charge < -0.3 is 24.4 Å². The van der Waals surface area contributed by atoms with Gasteiger partial charge in [-0.1, -0.05) is 39.9 Å². The highest BCUT2D eigenvalue weighted by Gasteiger charge is 2.54. The molecule has 1 saturated heterocycles. The molecule has 0 spiro atoms. The van der Waals surface area contributed by atoms with E-state index in [0.717, 1.165) is 22.7 Å². The molecule has 4 rings (SSSR count). The zero-order valence-corrected chi connectivity index (χ0v) is 28.4. The van der Waals surface area contributed by atoms with Crippen molar-refractivity contribution >= 4 is 80.6 Å². The molecule has 1 fully saturated rings. The third-order valence-corrected chi connectivity index (χ3v) is 8.89. The second kappa shape index (κ2) is 15.2. The van der Waals surface area contributed by atoms with Gasteiger partial charge in [0.25, 0.3) is 11.8 Å². The number of aromatic nitrogens is 2. The van der Waals surface area contributed by atoms with Crippen molar-refractivity contribution in [2.75, 3.05) is 35.9 Å². The number of β-lactam (4-membered cyclic amide) rings is 1. The first-order valence-electron chi connectivity index (χ1n) is 13.4. The van der Waals surface area contributed by atoms with Gasteiger partial charge >= 0.3 is 12.1 Å². The number of nitrogens with one attached hydrogen (secondary N) is 2. The van der Waals surface area contributed by atoms with Crippen molar-refractivity contribution in [2.45, 2.75) is 44.4 Å². The normalized spacial score (nSPS) is 18.0. The SMILES string of the molecule is COc1ccc(COC(=O)C2=C(CI)CSC3C(NC(=O)/C(=N\OCCF)c4nsc(NC(=O)OC(C)(C)C)n4)C(=O)N23)cc1. The predicted molar refractivity (Wildman–Crippen MR) is 172 cm³/mol. The molecule has 0 radical (unpaired) electrons. The van der Waals surface area contributed by atoms with Crippen LogP contribution in [0.25, 0.3) is 0 Å². The Morgan fingerprint density at radius 1 is 1.22 bits per heavy atom. The summed E-state index contributed by atoms with van der Waals surface area (Å²) < 4.78 is 33.1. The second-order valence-corrected chi connectivity index (χ2v) is 13.0. The van der Waals surface area contributed by atoms with Crippen LogP contribution in [0.3, 0.4) is 0 Å². The van der Waals surface area contributed by atoms with Crippen LogP contribution in [0, 0.1) is 0 Å². The van der Waals surface area contributed by atoms with Gasteiger partial charge in [-0.25, -0.2) is 14.0 Å². The molecule has 0 bridgehead atoms. The molecule has 1 aromatic carbocycles. The standard InChI is InChI=1S/C27H30FIN6O8S2/c1-27(2,3)43-26(39)32-25-31-20(34-45-25)17(33-42-10-9-28)21(36)30-18-22(37)35-19(15(11-29)13-44-23(18)35)24(38)41-12-14-5-7-16(40-4)8-6-14/h5-8,18,23H,9-13H2,1-4H3,(H,30,36)(H,31,32,34,39)/b33-17-. The highest BCUT2D eigenvalue weighted by molar-refractivity contribution is 14.1. The summed E-state index contributed by atoms with van der Waals surface area (Å²) in [5.74, 6) is -1.18. The average Bonchev–Trinajstić information content (AvgIpc) is 3.46. The monoisotopic (exact) mass is 776 g/mol. The molecule has 3 amide bonds. The number of hydrogen-bond acceptors (Lipinski definition) is 13. The van der Waals surface area contributed by atoms with E-state index in [1.807, 2.05) is 0 Å². The van der Waals surface area contributed by atoms with E-state index in [0.29, 0.717) is 15.9 Å². The lowest BCUT2D eigenvalue weighted by atomic mass is 10.0. The quantitative estimate of drug-likeness (QED) is 0.0616. The second-order valence-electron chi connectivity index (χ2n) is 10.4. The lowest BCUT2D eigenvalue weighted by Crippen LogP contribution is -2.71. The van der Waals surface area contributed by atoms with Gasteiger partial charge in [-0.05, 0) is 44.0 Å². The number of rotatable bonds is 12. The number of carbonyl (C=O) groups excluding carboxylic acids is 4. The number of hydrogen-bond donors (Lipinski definition) is 2. The molecule has 2 aliphatic rings. The van der Waals surface area contributed by atoms with Gasteiger partial charge in [0.1, 0.15) is 48.4 Å². The summed E-state index contributed by atoms with van der Waals surface area (Å²) in [6, 6.07) is 6.01. The molecule has 45 heavy (non-hydrogen) atoms. The number of halogens is 2. The van der Waals surface area contributed by atoms with Crippen LogP contribution in [-0.4, -0.2) is 91.4 Å². The molecule has 0 aliphatic carbocycles. The first-order chi connectivity index (χ1) is 21.4. The summed E-state index contributed by atoms with van der Waals surface area (Å²) in [7, 11) is 1.55. The third kappa shape index (κ3) is 8.60. The number of esters is 1. The summed E-state index contributed by atoms with van der Waals surface area (Å²) in [5, 5.41) is 8.11. The van der Waals surface area contributed by atoms with E-state index in [9.17, 15) is 23.6 Å². The minimum absolute atomic E-state index is 0.00762. The smallest absolute Gasteiger partial charge is 0.414 e. The summed E-state index contributed by atoms with van der Waals surface area (Å²) in [6.07, 6.45) is -0.784. The van der Waals surface area contributed by atoms with E-state index < -0.39 is 59.9 Å². The molecule has 2 N–H and O–H groups in total. The van der Waals surface area contributed by atoms with Crippen molar-refractivity contribution in [3.8, 4) is 5.75 Å². The molecule has 2 unspecified atom stereocenters. The number of fused-ring (bicyclic) bond motifs is 1. The zero-order chi connectivity index (χ0) is 32.7. The van der Waals surface area contributed by atoms with Gasteiger partial charge in [0.2, 0.25) is 16.7 Å². The lowest BCUT2D eigenvalue weighted by molar-refractivity contribution is -0.153. The minimum atomic E-state index is -1.02. The summed E-state index contributed by atoms with van der Waals surface area (Å²) in [5.41, 5.74) is 0.422. The number of oxime groups is 1. The number of amides is 3. The summed E-state index contributed by atoms with van der Waals surface area (Å²) in [4.78, 5) is 62.3. The highest BCUT2D eigenvalue weighted by Crippen LogP contribution is 2.41. The number of ether oxygens (including phenoxy) is 3. The van der Waals surface area contributed by atoms with Crippen molar-refractivity contribution in [2.24, 2.45) is 5.16 Å². The molecule has 14 nitrogen and oxygen atoms in total. The summed E-state index contributed by atoms with van der Waals surface area (Å²) >= 11 is 4.25. The predicted octanol–water partition coefficient (Wildman–Crippen LogP) is 3.42. The topological polar surface area (TPSA) is 171 Å². The van der Waals surface area contributed by atoms with Crippen LogP contribution < -0.4 is 15.4 Å². The first kappa shape index (κ1) is 34.4. The van der Waals surface area contributed by atoms with Crippen molar-refractivity contribution in [1.29, 1.82) is 0 Å². The molecule has 2 aliphatic heterocycles. The van der Waals surface area contributed by atoms with E-state index in [4.69, 9.17) is 19.0 Å². The Bertz CT molecular complexity index is 1500. The fraction of sp³-hybridized carbons (Fsp3) is 0.444. The largest absolute Gasteiger partial charge is 0.497 e. The Hall–Kier alpha value is -3.52. The molecule has 1 aromatic heterocycles. The number of nitrogens with zero attached hydrogens (tertiary/aromatic N) is 4. The van der Waals surface area contributed by atoms with Crippen molar-refractivity contribution in [3.05, 3.63) is 46.9 Å². The molecule has 3 heterocycles. The molecule has 18 heteroatoms. The Kier molecular flexibility index (Phi) is 11.6. The molecular weight excluding hydrogens is 746 g/mol. The fourth-order valence-electron chi connectivity index (χ4n) is 4.01. The Morgan fingerprint density at radius 2 is 1.96 bits per heavy atom. The van der Waals surface area contributed by atoms with Gasteiger partial charge in [-0.3, -0.25) is 19.8 Å². The van der Waals surface area contributed by atoms with Crippen LogP contribution >= 0.6 is 45.9 Å². The van der Waals surface area contributed by atoms with Gasteiger partial charge in [0.05, 0.1) is 7.11 Å². The van der Waals surface area contributed by atoms with Crippen LogP contribution in [0.5, 0.6) is 5.75 Å². The Labute approximate surface area is 279 Å². The minimum Gasteiger partial charge on any atom is -0.497 e. The fourth-order valence-corrected chi connectivity index (χ4v) is 6.91. The highest BCUT2D eigenvalue weighted by atomic mass is 127.